The third-order valence-corrected chi connectivity index (χ3v) is 8.18. The zero-order valence-electron chi connectivity index (χ0n) is 26.6. The number of carbonyl (C=O) groups is 5. The van der Waals surface area contributed by atoms with Gasteiger partial charge in [0.05, 0.1) is 12.5 Å². The van der Waals surface area contributed by atoms with Gasteiger partial charge in [0, 0.05) is 37.4 Å². The Labute approximate surface area is 275 Å². The van der Waals surface area contributed by atoms with Gasteiger partial charge in [0.1, 0.15) is 11.6 Å². The van der Waals surface area contributed by atoms with Crippen LogP contribution in [-0.4, -0.2) is 66.0 Å². The molecule has 1 aliphatic rings. The molecular weight excluding hydrogens is 612 g/mol. The number of aliphatic hydroxyl groups is 1. The van der Waals surface area contributed by atoms with E-state index in [4.69, 9.17) is 16.3 Å². The molecule has 0 saturated carbocycles. The summed E-state index contributed by atoms with van der Waals surface area (Å²) in [5.74, 6) is -3.20. The van der Waals surface area contributed by atoms with E-state index in [1.165, 1.54) is 0 Å². The third-order valence-electron chi connectivity index (χ3n) is 7.94. The Balaban J connectivity index is 1.86. The summed E-state index contributed by atoms with van der Waals surface area (Å²) in [6.45, 7) is 5.53. The Morgan fingerprint density at radius 2 is 1.80 bits per heavy atom. The Hall–Kier alpha value is -3.96. The van der Waals surface area contributed by atoms with Crippen LogP contribution in [0, 0.1) is 5.92 Å². The molecule has 1 aliphatic heterocycles. The molecule has 0 aromatic heterocycles. The molecule has 5 atom stereocenters. The molecule has 2 aromatic rings. The second kappa shape index (κ2) is 17.7. The maximum absolute atomic E-state index is 13.8. The summed E-state index contributed by atoms with van der Waals surface area (Å²) in [6, 6.07) is 13.8. The molecule has 11 nitrogen and oxygen atoms in total. The van der Waals surface area contributed by atoms with Gasteiger partial charge in [-0.05, 0) is 49.4 Å². The van der Waals surface area contributed by atoms with Crippen LogP contribution >= 0.6 is 11.6 Å². The van der Waals surface area contributed by atoms with Crippen LogP contribution in [0.15, 0.2) is 54.6 Å². The summed E-state index contributed by atoms with van der Waals surface area (Å²) >= 11 is 6.19. The Morgan fingerprint density at radius 1 is 1.07 bits per heavy atom. The molecule has 0 radical (unpaired) electrons. The molecule has 1 heterocycles. The summed E-state index contributed by atoms with van der Waals surface area (Å²) < 4.78 is 5.37. The lowest BCUT2D eigenvalue weighted by molar-refractivity contribution is -0.157. The number of unbranched alkanes of at least 4 members (excludes halogenated alkanes) is 1. The summed E-state index contributed by atoms with van der Waals surface area (Å²) in [5.41, 5.74) is -0.355. The Kier molecular flexibility index (Phi) is 14.0. The highest BCUT2D eigenvalue weighted by atomic mass is 35.5. The zero-order chi connectivity index (χ0) is 33.7. The van der Waals surface area contributed by atoms with E-state index in [0.29, 0.717) is 30.0 Å². The lowest BCUT2D eigenvalue weighted by Crippen LogP contribution is -2.57. The molecule has 1 saturated heterocycles. The van der Waals surface area contributed by atoms with Crippen molar-refractivity contribution in [2.75, 3.05) is 13.1 Å². The van der Waals surface area contributed by atoms with E-state index in [1.807, 2.05) is 19.1 Å². The number of hydrogen-bond acceptors (Lipinski definition) is 7. The van der Waals surface area contributed by atoms with Crippen molar-refractivity contribution < 1.29 is 33.8 Å². The molecule has 2 unspecified atom stereocenters. The van der Waals surface area contributed by atoms with Gasteiger partial charge in [-0.3, -0.25) is 24.0 Å². The number of carbonyl (C=O) groups excluding carboxylic acids is 5. The first kappa shape index (κ1) is 36.5. The van der Waals surface area contributed by atoms with Crippen LogP contribution in [-0.2, 0) is 40.7 Å². The van der Waals surface area contributed by atoms with Crippen molar-refractivity contribution in [1.29, 1.82) is 0 Å². The monoisotopic (exact) mass is 656 g/mol. The first-order valence-corrected chi connectivity index (χ1v) is 16.2. The number of likely N-dealkylation sites (N-methyl/N-ethyl adjacent to an activating group) is 1. The van der Waals surface area contributed by atoms with Gasteiger partial charge < -0.3 is 31.1 Å². The van der Waals surface area contributed by atoms with Crippen LogP contribution in [0.5, 0.6) is 0 Å². The molecule has 0 spiro atoms. The highest BCUT2D eigenvalue weighted by Gasteiger charge is 2.39. The first-order chi connectivity index (χ1) is 21.9. The highest BCUT2D eigenvalue weighted by molar-refractivity contribution is 6.30. The fourth-order valence-electron chi connectivity index (χ4n) is 5.68. The predicted octanol–water partition coefficient (Wildman–Crippen LogP) is 2.91. The van der Waals surface area contributed by atoms with Crippen LogP contribution in [0.3, 0.4) is 0 Å². The lowest BCUT2D eigenvalue weighted by Gasteiger charge is -2.31. The van der Waals surface area contributed by atoms with E-state index in [9.17, 15) is 29.1 Å². The van der Waals surface area contributed by atoms with Crippen molar-refractivity contribution in [3.05, 3.63) is 70.7 Å². The summed E-state index contributed by atoms with van der Waals surface area (Å²) in [5, 5.41) is 23.4. The fraction of sp³-hybridized carbons (Fsp3) is 0.500. The van der Waals surface area contributed by atoms with Crippen molar-refractivity contribution in [3.63, 3.8) is 0 Å². The Morgan fingerprint density at radius 3 is 2.41 bits per heavy atom. The summed E-state index contributed by atoms with van der Waals surface area (Å²) in [4.78, 5) is 64.8. The van der Waals surface area contributed by atoms with E-state index in [1.54, 1.807) is 49.4 Å². The van der Waals surface area contributed by atoms with Crippen LogP contribution in [0.4, 0.5) is 0 Å². The molecule has 1 fully saturated rings. The Bertz CT molecular complexity index is 1360. The van der Waals surface area contributed by atoms with Gasteiger partial charge in [0.2, 0.25) is 17.7 Å². The van der Waals surface area contributed by atoms with E-state index >= 15 is 0 Å². The maximum atomic E-state index is 13.8. The zero-order valence-corrected chi connectivity index (χ0v) is 27.4. The van der Waals surface area contributed by atoms with E-state index in [0.717, 1.165) is 18.9 Å². The average molecular weight is 657 g/mol. The molecule has 0 bridgehead atoms. The minimum atomic E-state index is -1.61. The topological polar surface area (TPSA) is 163 Å². The number of halogens is 1. The molecule has 46 heavy (non-hydrogen) atoms. The fourth-order valence-corrected chi connectivity index (χ4v) is 5.89. The van der Waals surface area contributed by atoms with Gasteiger partial charge in [0.15, 0.2) is 6.10 Å². The standard InChI is InChI=1S/C34H45ClN4O7/c1-4-6-15-27(32(43)39-28(19-24-16-17-37-31(24)42)30(46-22(3)40)33(44)36-5-2)38-29(41)21-34(45,25-12-8-7-9-13-25)20-23-11-10-14-26(35)18-23/h7-14,18,24,27-28,30,45H,4-6,15-17,19-21H2,1-3H3,(H,36,44)(H,37,42)(H,38,41)(H,39,43)/t24-,27-,28-,30?,34?/m0/s1. The van der Waals surface area contributed by atoms with Crippen molar-refractivity contribution in [2.45, 2.75) is 89.5 Å². The largest absolute Gasteiger partial charge is 0.450 e. The van der Waals surface area contributed by atoms with Gasteiger partial charge in [-0.2, -0.15) is 0 Å². The molecule has 0 aliphatic carbocycles. The summed E-state index contributed by atoms with van der Waals surface area (Å²) in [6.07, 6.45) is 0.522. The molecule has 4 amide bonds. The number of hydrogen-bond donors (Lipinski definition) is 5. The van der Waals surface area contributed by atoms with Gasteiger partial charge in [-0.25, -0.2) is 0 Å². The van der Waals surface area contributed by atoms with Crippen LogP contribution in [0.1, 0.15) is 70.4 Å². The molecule has 5 N–H and O–H groups in total. The number of esters is 1. The molecular formula is C34H45ClN4O7. The first-order valence-electron chi connectivity index (χ1n) is 15.8. The molecule has 12 heteroatoms. The number of rotatable bonds is 17. The SMILES string of the molecule is CCCC[C@H](NC(=O)CC(O)(Cc1cccc(Cl)c1)c1ccccc1)C(=O)N[C@@H](C[C@@H]1CCNC1=O)C(OC(C)=O)C(=O)NCC. The quantitative estimate of drug-likeness (QED) is 0.164. The second-order valence-electron chi connectivity index (χ2n) is 11.7. The van der Waals surface area contributed by atoms with Crippen molar-refractivity contribution in [1.82, 2.24) is 21.3 Å². The van der Waals surface area contributed by atoms with Gasteiger partial charge in [0.25, 0.3) is 5.91 Å². The van der Waals surface area contributed by atoms with E-state index in [2.05, 4.69) is 21.3 Å². The number of nitrogens with one attached hydrogen (secondary N) is 4. The predicted molar refractivity (Wildman–Crippen MR) is 173 cm³/mol. The van der Waals surface area contributed by atoms with Crippen LogP contribution in [0.25, 0.3) is 0 Å². The second-order valence-corrected chi connectivity index (χ2v) is 12.1. The van der Waals surface area contributed by atoms with Gasteiger partial charge in [-0.1, -0.05) is 73.8 Å². The minimum absolute atomic E-state index is 0.0501. The highest BCUT2D eigenvalue weighted by Crippen LogP contribution is 2.30. The van der Waals surface area contributed by atoms with Crippen molar-refractivity contribution in [2.24, 2.45) is 5.92 Å². The van der Waals surface area contributed by atoms with E-state index < -0.39 is 53.4 Å². The number of benzene rings is 2. The smallest absolute Gasteiger partial charge is 0.303 e. The molecule has 2 aromatic carbocycles. The van der Waals surface area contributed by atoms with Crippen molar-refractivity contribution >= 4 is 41.2 Å². The van der Waals surface area contributed by atoms with Gasteiger partial charge in [-0.15, -0.1) is 0 Å². The van der Waals surface area contributed by atoms with Crippen molar-refractivity contribution in [3.8, 4) is 0 Å². The maximum Gasteiger partial charge on any atom is 0.303 e. The van der Waals surface area contributed by atoms with Crippen LogP contribution < -0.4 is 21.3 Å². The van der Waals surface area contributed by atoms with Crippen LogP contribution in [0.2, 0.25) is 5.02 Å². The van der Waals surface area contributed by atoms with E-state index in [-0.39, 0.29) is 38.1 Å². The summed E-state index contributed by atoms with van der Waals surface area (Å²) in [7, 11) is 0. The average Bonchev–Trinajstić information content (AvgIpc) is 3.41. The normalized spacial score (nSPS) is 17.5. The third kappa shape index (κ3) is 10.8. The minimum Gasteiger partial charge on any atom is -0.450 e. The van der Waals surface area contributed by atoms with Gasteiger partial charge >= 0.3 is 5.97 Å². The number of ether oxygens (including phenoxy) is 1. The lowest BCUT2D eigenvalue weighted by atomic mass is 9.84. The molecule has 250 valence electrons. The number of amides is 4. The molecule has 3 rings (SSSR count).